The molecule has 2 nitrogen and oxygen atoms in total. The fourth-order valence-corrected chi connectivity index (χ4v) is 0.924. The molecule has 0 aromatic heterocycles. The Kier molecular flexibility index (Phi) is 1.86. The highest BCUT2D eigenvalue weighted by Gasteiger charge is 2.12. The van der Waals surface area contributed by atoms with Gasteiger partial charge >= 0.3 is 0 Å². The van der Waals surface area contributed by atoms with Crippen molar-refractivity contribution in [3.05, 3.63) is 12.2 Å². The zero-order chi connectivity index (χ0) is 6.69. The van der Waals surface area contributed by atoms with Gasteiger partial charge in [-0.15, -0.1) is 0 Å². The minimum absolute atomic E-state index is 0.106. The molecule has 0 spiro atoms. The van der Waals surface area contributed by atoms with Gasteiger partial charge in [0.15, 0.2) is 0 Å². The standard InChI is InChI=1S/C7H10N2/c1-9-5-3-2-4-7(9)6-8/h2-3,7H,4-5H2,1H3. The van der Waals surface area contributed by atoms with Crippen molar-refractivity contribution in [1.82, 2.24) is 4.90 Å². The van der Waals surface area contributed by atoms with Crippen molar-refractivity contribution >= 4 is 0 Å². The lowest BCUT2D eigenvalue weighted by Crippen LogP contribution is -2.32. The molecule has 0 saturated carbocycles. The van der Waals surface area contributed by atoms with Crippen molar-refractivity contribution in [2.75, 3.05) is 13.6 Å². The summed E-state index contributed by atoms with van der Waals surface area (Å²) in [5, 5.41) is 8.54. The molecule has 0 aromatic rings. The molecule has 1 aliphatic heterocycles. The van der Waals surface area contributed by atoms with Crippen LogP contribution in [0.1, 0.15) is 6.42 Å². The minimum atomic E-state index is 0.106. The topological polar surface area (TPSA) is 27.0 Å². The van der Waals surface area contributed by atoms with Gasteiger partial charge < -0.3 is 0 Å². The fraction of sp³-hybridized carbons (Fsp3) is 0.571. The zero-order valence-electron chi connectivity index (χ0n) is 5.54. The summed E-state index contributed by atoms with van der Waals surface area (Å²) in [6.45, 7) is 0.915. The summed E-state index contributed by atoms with van der Waals surface area (Å²) in [5.41, 5.74) is 0. The molecule has 0 radical (unpaired) electrons. The van der Waals surface area contributed by atoms with Crippen molar-refractivity contribution in [2.45, 2.75) is 12.5 Å². The summed E-state index contributed by atoms with van der Waals surface area (Å²) in [5.74, 6) is 0. The zero-order valence-corrected chi connectivity index (χ0v) is 5.54. The van der Waals surface area contributed by atoms with E-state index in [1.54, 1.807) is 0 Å². The predicted molar refractivity (Wildman–Crippen MR) is 35.8 cm³/mol. The van der Waals surface area contributed by atoms with Crippen LogP contribution in [0.2, 0.25) is 0 Å². The number of hydrogen-bond donors (Lipinski definition) is 0. The maximum absolute atomic E-state index is 8.54. The summed E-state index contributed by atoms with van der Waals surface area (Å²) in [6.07, 6.45) is 5.04. The third kappa shape index (κ3) is 1.30. The monoisotopic (exact) mass is 122 g/mol. The molecule has 2 heteroatoms. The number of nitrogens with zero attached hydrogens (tertiary/aromatic N) is 2. The number of rotatable bonds is 0. The van der Waals surface area contributed by atoms with Crippen LogP contribution < -0.4 is 0 Å². The largest absolute Gasteiger partial charge is 0.287 e. The number of nitriles is 1. The minimum Gasteiger partial charge on any atom is -0.287 e. The Bertz CT molecular complexity index is 155. The summed E-state index contributed by atoms with van der Waals surface area (Å²) in [7, 11) is 1.97. The van der Waals surface area contributed by atoms with Gasteiger partial charge in [0.2, 0.25) is 0 Å². The van der Waals surface area contributed by atoms with Gasteiger partial charge in [0.1, 0.15) is 6.04 Å². The highest BCUT2D eigenvalue weighted by Crippen LogP contribution is 2.06. The molecule has 0 N–H and O–H groups in total. The van der Waals surface area contributed by atoms with Gasteiger partial charge in [-0.2, -0.15) is 5.26 Å². The smallest absolute Gasteiger partial charge is 0.101 e. The Morgan fingerprint density at radius 3 is 2.89 bits per heavy atom. The highest BCUT2D eigenvalue weighted by atomic mass is 15.1. The quantitative estimate of drug-likeness (QED) is 0.444. The van der Waals surface area contributed by atoms with E-state index in [0.717, 1.165) is 13.0 Å². The molecule has 48 valence electrons. The molecule has 1 rings (SSSR count). The molecule has 0 aromatic carbocycles. The van der Waals surface area contributed by atoms with Crippen LogP contribution in [-0.4, -0.2) is 24.5 Å². The molecule has 0 fully saturated rings. The van der Waals surface area contributed by atoms with Gasteiger partial charge in [-0.05, 0) is 13.5 Å². The van der Waals surface area contributed by atoms with E-state index in [-0.39, 0.29) is 6.04 Å². The van der Waals surface area contributed by atoms with Crippen molar-refractivity contribution in [1.29, 1.82) is 5.26 Å². The lowest BCUT2D eigenvalue weighted by atomic mass is 10.1. The fourth-order valence-electron chi connectivity index (χ4n) is 0.924. The van der Waals surface area contributed by atoms with Crippen LogP contribution >= 0.6 is 0 Å². The maximum atomic E-state index is 8.54. The molecule has 1 unspecified atom stereocenters. The first-order valence-electron chi connectivity index (χ1n) is 3.09. The van der Waals surface area contributed by atoms with E-state index in [4.69, 9.17) is 5.26 Å². The van der Waals surface area contributed by atoms with Crippen LogP contribution in [0.25, 0.3) is 0 Å². The lowest BCUT2D eigenvalue weighted by Gasteiger charge is -2.22. The van der Waals surface area contributed by atoms with Crippen LogP contribution in [0.3, 0.4) is 0 Å². The summed E-state index contributed by atoms with van der Waals surface area (Å²) >= 11 is 0. The molecule has 0 aliphatic carbocycles. The number of likely N-dealkylation sites (N-methyl/N-ethyl adjacent to an activating group) is 1. The molecule has 0 bridgehead atoms. The first-order valence-corrected chi connectivity index (χ1v) is 3.09. The Hall–Kier alpha value is -0.810. The van der Waals surface area contributed by atoms with Gasteiger partial charge in [-0.1, -0.05) is 12.2 Å². The molecule has 0 saturated heterocycles. The van der Waals surface area contributed by atoms with Gasteiger partial charge in [0, 0.05) is 6.54 Å². The van der Waals surface area contributed by atoms with E-state index in [9.17, 15) is 0 Å². The third-order valence-electron chi connectivity index (χ3n) is 1.60. The molecule has 0 amide bonds. The van der Waals surface area contributed by atoms with Gasteiger partial charge in [0.25, 0.3) is 0 Å². The molecular weight excluding hydrogens is 112 g/mol. The summed E-state index contributed by atoms with van der Waals surface area (Å²) < 4.78 is 0. The lowest BCUT2D eigenvalue weighted by molar-refractivity contribution is 0.307. The highest BCUT2D eigenvalue weighted by molar-refractivity contribution is 5.03. The van der Waals surface area contributed by atoms with E-state index < -0.39 is 0 Å². The van der Waals surface area contributed by atoms with Gasteiger partial charge in [-0.3, -0.25) is 4.90 Å². The van der Waals surface area contributed by atoms with Crippen LogP contribution in [-0.2, 0) is 0 Å². The SMILES string of the molecule is CN1CC=CCC1C#N. The Morgan fingerprint density at radius 2 is 2.44 bits per heavy atom. The average molecular weight is 122 g/mol. The third-order valence-corrected chi connectivity index (χ3v) is 1.60. The molecule has 9 heavy (non-hydrogen) atoms. The van der Waals surface area contributed by atoms with E-state index >= 15 is 0 Å². The molecule has 1 atom stereocenters. The predicted octanol–water partition coefficient (Wildman–Crippen LogP) is 0.770. The van der Waals surface area contributed by atoms with E-state index in [1.165, 1.54) is 0 Å². The van der Waals surface area contributed by atoms with Crippen LogP contribution in [0.4, 0.5) is 0 Å². The van der Waals surface area contributed by atoms with E-state index in [1.807, 2.05) is 11.9 Å². The second-order valence-corrected chi connectivity index (χ2v) is 2.29. The summed E-state index contributed by atoms with van der Waals surface area (Å²) in [6, 6.07) is 2.33. The second-order valence-electron chi connectivity index (χ2n) is 2.29. The first-order chi connectivity index (χ1) is 4.34. The van der Waals surface area contributed by atoms with E-state index in [2.05, 4.69) is 18.2 Å². The molecule has 1 aliphatic rings. The summed E-state index contributed by atoms with van der Waals surface area (Å²) in [4.78, 5) is 2.04. The molecule has 1 heterocycles. The van der Waals surface area contributed by atoms with Gasteiger partial charge in [-0.25, -0.2) is 0 Å². The van der Waals surface area contributed by atoms with Crippen molar-refractivity contribution in [3.8, 4) is 6.07 Å². The van der Waals surface area contributed by atoms with Crippen LogP contribution in [0.5, 0.6) is 0 Å². The van der Waals surface area contributed by atoms with Crippen molar-refractivity contribution in [3.63, 3.8) is 0 Å². The maximum Gasteiger partial charge on any atom is 0.101 e. The Labute approximate surface area is 55.4 Å². The van der Waals surface area contributed by atoms with Crippen LogP contribution in [0, 0.1) is 11.3 Å². The van der Waals surface area contributed by atoms with Crippen molar-refractivity contribution < 1.29 is 0 Å². The number of hydrogen-bond acceptors (Lipinski definition) is 2. The molecular formula is C7H10N2. The van der Waals surface area contributed by atoms with Crippen LogP contribution in [0.15, 0.2) is 12.2 Å². The Morgan fingerprint density at radius 1 is 1.67 bits per heavy atom. The van der Waals surface area contributed by atoms with E-state index in [0.29, 0.717) is 0 Å². The first kappa shape index (κ1) is 6.31. The second kappa shape index (κ2) is 2.65. The van der Waals surface area contributed by atoms with Gasteiger partial charge in [0.05, 0.1) is 6.07 Å². The normalized spacial score (nSPS) is 27.8. The Balaban J connectivity index is 2.55. The van der Waals surface area contributed by atoms with Crippen molar-refractivity contribution in [2.24, 2.45) is 0 Å². The average Bonchev–Trinajstić information content (AvgIpc) is 1.89.